The summed E-state index contributed by atoms with van der Waals surface area (Å²) >= 11 is 0. The van der Waals surface area contributed by atoms with Crippen LogP contribution in [0.1, 0.15) is 38.8 Å². The highest BCUT2D eigenvalue weighted by molar-refractivity contribution is 5.97. The van der Waals surface area contributed by atoms with E-state index >= 15 is 0 Å². The summed E-state index contributed by atoms with van der Waals surface area (Å²) in [6.45, 7) is 8.56. The normalized spacial score (nSPS) is 11.1. The van der Waals surface area contributed by atoms with Crippen molar-refractivity contribution in [3.8, 4) is 0 Å². The van der Waals surface area contributed by atoms with Gasteiger partial charge in [-0.2, -0.15) is 0 Å². The molecule has 0 bridgehead atoms. The van der Waals surface area contributed by atoms with Crippen molar-refractivity contribution in [3.05, 3.63) is 59.9 Å². The van der Waals surface area contributed by atoms with Crippen LogP contribution in [0.2, 0.25) is 0 Å². The van der Waals surface area contributed by atoms with Crippen molar-refractivity contribution in [3.63, 3.8) is 0 Å². The molecule has 2 rings (SSSR count). The maximum atomic E-state index is 12.6. The van der Waals surface area contributed by atoms with E-state index in [0.29, 0.717) is 6.54 Å². The number of anilines is 1. The van der Waals surface area contributed by atoms with Crippen molar-refractivity contribution in [2.75, 3.05) is 25.0 Å². The average molecular weight is 367 g/mol. The van der Waals surface area contributed by atoms with Crippen molar-refractivity contribution in [2.24, 2.45) is 0 Å². The maximum Gasteiger partial charge on any atom is 0.242 e. The molecular weight excluding hydrogens is 338 g/mol. The molecule has 0 spiro atoms. The predicted molar refractivity (Wildman–Crippen MR) is 109 cm³/mol. The van der Waals surface area contributed by atoms with Gasteiger partial charge >= 0.3 is 0 Å². The first-order chi connectivity index (χ1) is 12.7. The highest BCUT2D eigenvalue weighted by Crippen LogP contribution is 2.25. The Kier molecular flexibility index (Phi) is 6.72. The average Bonchev–Trinajstić information content (AvgIpc) is 2.64. The number of nitrogens with zero attached hydrogens (tertiary/aromatic N) is 3. The highest BCUT2D eigenvalue weighted by Gasteiger charge is 2.20. The van der Waals surface area contributed by atoms with Gasteiger partial charge in [0.2, 0.25) is 11.8 Å². The molecule has 2 aromatic rings. The minimum atomic E-state index is -0.144. The number of hydrogen-bond acceptors (Lipinski definition) is 3. The summed E-state index contributed by atoms with van der Waals surface area (Å²) in [6.07, 6.45) is 4.25. The van der Waals surface area contributed by atoms with Crippen molar-refractivity contribution < 1.29 is 9.59 Å². The quantitative estimate of drug-likeness (QED) is 0.786. The smallest absolute Gasteiger partial charge is 0.242 e. The third-order valence-corrected chi connectivity index (χ3v) is 4.63. The second kappa shape index (κ2) is 8.80. The molecule has 0 unspecified atom stereocenters. The molecule has 0 aliphatic heterocycles. The lowest BCUT2D eigenvalue weighted by molar-refractivity contribution is -0.130. The van der Waals surface area contributed by atoms with Gasteiger partial charge in [0.15, 0.2) is 0 Å². The zero-order valence-corrected chi connectivity index (χ0v) is 16.9. The van der Waals surface area contributed by atoms with Crippen LogP contribution in [0, 0.1) is 0 Å². The first kappa shape index (κ1) is 20.6. The van der Waals surface area contributed by atoms with Crippen molar-refractivity contribution in [2.45, 2.75) is 39.5 Å². The molecule has 5 nitrogen and oxygen atoms in total. The first-order valence-electron chi connectivity index (χ1n) is 9.20. The van der Waals surface area contributed by atoms with Gasteiger partial charge in [0, 0.05) is 38.6 Å². The van der Waals surface area contributed by atoms with Crippen LogP contribution in [0.15, 0.2) is 48.8 Å². The molecule has 1 aromatic carbocycles. The zero-order chi connectivity index (χ0) is 20.0. The molecular formula is C22H29N3O2. The second-order valence-corrected chi connectivity index (χ2v) is 7.82. The highest BCUT2D eigenvalue weighted by atomic mass is 16.2. The fraction of sp³-hybridized carbons (Fsp3) is 0.409. The van der Waals surface area contributed by atoms with E-state index in [1.54, 1.807) is 24.3 Å². The van der Waals surface area contributed by atoms with E-state index in [1.807, 2.05) is 36.4 Å². The molecule has 5 heteroatoms. The molecule has 1 aromatic heterocycles. The number of pyridine rings is 1. The molecule has 2 amide bonds. The Balaban J connectivity index is 2.02. The lowest BCUT2D eigenvalue weighted by Gasteiger charge is -2.26. The number of amides is 2. The first-order valence-corrected chi connectivity index (χ1v) is 9.20. The number of likely N-dealkylation sites (N-methyl/N-ethyl adjacent to an activating group) is 1. The van der Waals surface area contributed by atoms with Crippen molar-refractivity contribution in [1.29, 1.82) is 0 Å². The molecule has 0 saturated carbocycles. The second-order valence-electron chi connectivity index (χ2n) is 7.82. The monoisotopic (exact) mass is 367 g/mol. The summed E-state index contributed by atoms with van der Waals surface area (Å²) in [5.41, 5.74) is 3.11. The van der Waals surface area contributed by atoms with Crippen molar-refractivity contribution in [1.82, 2.24) is 9.88 Å². The minimum Gasteiger partial charge on any atom is -0.344 e. The van der Waals surface area contributed by atoms with E-state index in [9.17, 15) is 9.59 Å². The van der Waals surface area contributed by atoms with Crippen LogP contribution in [-0.4, -0.2) is 41.8 Å². The number of carbonyl (C=O) groups is 2. The van der Waals surface area contributed by atoms with Gasteiger partial charge in [-0.05, 0) is 47.2 Å². The molecule has 0 atom stereocenters. The fourth-order valence-electron chi connectivity index (χ4n) is 2.75. The molecule has 0 aliphatic rings. The van der Waals surface area contributed by atoms with Crippen LogP contribution in [0.25, 0.3) is 0 Å². The Labute approximate surface area is 162 Å². The number of aromatic nitrogens is 1. The lowest BCUT2D eigenvalue weighted by atomic mass is 9.87. The van der Waals surface area contributed by atoms with E-state index in [2.05, 4.69) is 25.8 Å². The molecule has 1 heterocycles. The van der Waals surface area contributed by atoms with E-state index in [4.69, 9.17) is 0 Å². The number of hydrogen-bond donors (Lipinski definition) is 0. The summed E-state index contributed by atoms with van der Waals surface area (Å²) in [6, 6.07) is 11.7. The minimum absolute atomic E-state index is 0.0387. The molecule has 0 N–H and O–H groups in total. The van der Waals surface area contributed by atoms with E-state index in [0.717, 1.165) is 17.7 Å². The van der Waals surface area contributed by atoms with Crippen LogP contribution in [0.5, 0.6) is 0 Å². The molecule has 0 fully saturated rings. The van der Waals surface area contributed by atoms with Gasteiger partial charge in [-0.1, -0.05) is 32.9 Å². The topological polar surface area (TPSA) is 53.5 Å². The Morgan fingerprint density at radius 2 is 1.59 bits per heavy atom. The summed E-state index contributed by atoms with van der Waals surface area (Å²) in [5.74, 6) is -0.228. The van der Waals surface area contributed by atoms with Gasteiger partial charge in [0.25, 0.3) is 0 Å². The summed E-state index contributed by atoms with van der Waals surface area (Å²) in [4.78, 5) is 31.9. The van der Waals surface area contributed by atoms with Crippen LogP contribution in [-0.2, 0) is 21.4 Å². The summed E-state index contributed by atoms with van der Waals surface area (Å²) < 4.78 is 0. The summed E-state index contributed by atoms with van der Waals surface area (Å²) in [5, 5.41) is 0. The Hall–Kier alpha value is -2.69. The number of carbonyl (C=O) groups excluding carboxylic acids is 2. The SMILES string of the molecule is CC(=O)N(CC(=O)N(C)CCc1ccncc1)c1ccc(C(C)(C)C)cc1. The van der Waals surface area contributed by atoms with Crippen LogP contribution < -0.4 is 4.90 Å². The van der Waals surface area contributed by atoms with Gasteiger partial charge in [-0.3, -0.25) is 14.6 Å². The Bertz CT molecular complexity index is 764. The van der Waals surface area contributed by atoms with Gasteiger partial charge in [0.1, 0.15) is 6.54 Å². The number of benzene rings is 1. The molecule has 27 heavy (non-hydrogen) atoms. The lowest BCUT2D eigenvalue weighted by Crippen LogP contribution is -2.41. The van der Waals surface area contributed by atoms with Crippen LogP contribution >= 0.6 is 0 Å². The molecule has 0 aliphatic carbocycles. The maximum absolute atomic E-state index is 12.6. The van der Waals surface area contributed by atoms with E-state index in [-0.39, 0.29) is 23.8 Å². The van der Waals surface area contributed by atoms with Gasteiger partial charge in [0.05, 0.1) is 0 Å². The standard InChI is InChI=1S/C22H29N3O2/c1-17(26)25(20-8-6-19(7-9-20)22(2,3)4)16-21(27)24(5)15-12-18-10-13-23-14-11-18/h6-11,13-14H,12,15-16H2,1-5H3. The molecule has 0 saturated heterocycles. The van der Waals surface area contributed by atoms with E-state index in [1.165, 1.54) is 17.4 Å². The third-order valence-electron chi connectivity index (χ3n) is 4.63. The van der Waals surface area contributed by atoms with Gasteiger partial charge in [-0.15, -0.1) is 0 Å². The zero-order valence-electron chi connectivity index (χ0n) is 16.9. The predicted octanol–water partition coefficient (Wildman–Crippen LogP) is 3.43. The fourth-order valence-corrected chi connectivity index (χ4v) is 2.75. The van der Waals surface area contributed by atoms with E-state index < -0.39 is 0 Å². The summed E-state index contributed by atoms with van der Waals surface area (Å²) in [7, 11) is 1.77. The number of rotatable bonds is 6. The van der Waals surface area contributed by atoms with Gasteiger partial charge < -0.3 is 9.80 Å². The largest absolute Gasteiger partial charge is 0.344 e. The van der Waals surface area contributed by atoms with Crippen LogP contribution in [0.3, 0.4) is 0 Å². The molecule has 144 valence electrons. The molecule has 0 radical (unpaired) electrons. The van der Waals surface area contributed by atoms with Gasteiger partial charge in [-0.25, -0.2) is 0 Å². The van der Waals surface area contributed by atoms with Crippen molar-refractivity contribution >= 4 is 17.5 Å². The van der Waals surface area contributed by atoms with Crippen LogP contribution in [0.4, 0.5) is 5.69 Å². The third kappa shape index (κ3) is 5.91. The Morgan fingerprint density at radius 1 is 1.00 bits per heavy atom. The Morgan fingerprint density at radius 3 is 2.11 bits per heavy atom.